The monoisotopic (exact) mass is 519 g/mol. The van der Waals surface area contributed by atoms with Gasteiger partial charge in [0.05, 0.1) is 19.3 Å². The molecule has 7 nitrogen and oxygen atoms in total. The SMILES string of the molecule is C[C@](O)(c1ccc(N[C@H](CNS(=O)(=O)c2cccs2)CN2C[C@H]3COC[C@H]3C2)cc1)C(F)(F)F. The number of sulfonamides is 1. The maximum atomic E-state index is 13.1. The van der Waals surface area contributed by atoms with Crippen LogP contribution in [0.4, 0.5) is 18.9 Å². The van der Waals surface area contributed by atoms with Gasteiger partial charge < -0.3 is 20.1 Å². The maximum absolute atomic E-state index is 13.1. The van der Waals surface area contributed by atoms with Gasteiger partial charge in [0.1, 0.15) is 4.21 Å². The largest absolute Gasteiger partial charge is 0.421 e. The number of hydrogen-bond donors (Lipinski definition) is 3. The van der Waals surface area contributed by atoms with Crippen LogP contribution in [0.5, 0.6) is 0 Å². The molecule has 0 amide bonds. The van der Waals surface area contributed by atoms with E-state index >= 15 is 0 Å². The molecule has 2 saturated heterocycles. The number of ether oxygens (including phenoxy) is 1. The minimum absolute atomic E-state index is 0.102. The molecule has 4 atom stereocenters. The molecule has 2 fully saturated rings. The highest BCUT2D eigenvalue weighted by Gasteiger charge is 2.51. The molecule has 34 heavy (non-hydrogen) atoms. The van der Waals surface area contributed by atoms with E-state index in [1.54, 1.807) is 11.4 Å². The number of nitrogens with one attached hydrogen (secondary N) is 2. The second-order valence-corrected chi connectivity index (χ2v) is 12.0. The van der Waals surface area contributed by atoms with Crippen LogP contribution >= 0.6 is 11.3 Å². The zero-order chi connectivity index (χ0) is 24.6. The molecule has 3 heterocycles. The molecule has 1 aromatic heterocycles. The zero-order valence-electron chi connectivity index (χ0n) is 18.6. The Morgan fingerprint density at radius 2 is 1.82 bits per heavy atom. The Bertz CT molecular complexity index is 1050. The lowest BCUT2D eigenvalue weighted by molar-refractivity contribution is -0.258. The third kappa shape index (κ3) is 5.58. The van der Waals surface area contributed by atoms with Crippen LogP contribution in [0.25, 0.3) is 0 Å². The second-order valence-electron chi connectivity index (χ2n) is 9.05. The lowest BCUT2D eigenvalue weighted by atomic mass is 9.95. The van der Waals surface area contributed by atoms with E-state index in [0.29, 0.717) is 31.0 Å². The molecule has 188 valence electrons. The van der Waals surface area contributed by atoms with Crippen molar-refractivity contribution >= 4 is 27.0 Å². The van der Waals surface area contributed by atoms with E-state index in [2.05, 4.69) is 14.9 Å². The molecule has 2 aromatic rings. The highest BCUT2D eigenvalue weighted by atomic mass is 32.2. The van der Waals surface area contributed by atoms with Gasteiger partial charge in [0.15, 0.2) is 5.60 Å². The van der Waals surface area contributed by atoms with Gasteiger partial charge in [-0.25, -0.2) is 13.1 Å². The van der Waals surface area contributed by atoms with Crippen LogP contribution in [0.3, 0.4) is 0 Å². The fourth-order valence-corrected chi connectivity index (χ4v) is 6.51. The topological polar surface area (TPSA) is 90.9 Å². The Hall–Kier alpha value is -1.70. The van der Waals surface area contributed by atoms with Crippen molar-refractivity contribution in [3.63, 3.8) is 0 Å². The van der Waals surface area contributed by atoms with Crippen LogP contribution in [0.2, 0.25) is 0 Å². The summed E-state index contributed by atoms with van der Waals surface area (Å²) in [6.45, 7) is 4.54. The van der Waals surface area contributed by atoms with Crippen LogP contribution in [0, 0.1) is 11.8 Å². The average Bonchev–Trinajstić information content (AvgIpc) is 3.50. The van der Waals surface area contributed by atoms with Crippen molar-refractivity contribution in [2.45, 2.75) is 29.0 Å². The van der Waals surface area contributed by atoms with Crippen molar-refractivity contribution in [3.05, 3.63) is 47.3 Å². The number of aliphatic hydroxyl groups is 1. The summed E-state index contributed by atoms with van der Waals surface area (Å²) in [6, 6.07) is 8.23. The lowest BCUT2D eigenvalue weighted by Gasteiger charge is -2.28. The number of rotatable bonds is 9. The number of alkyl halides is 3. The number of anilines is 1. The molecule has 1 aromatic carbocycles. The summed E-state index contributed by atoms with van der Waals surface area (Å²) < 4.78 is 73.0. The van der Waals surface area contributed by atoms with Crippen LogP contribution in [0.15, 0.2) is 46.0 Å². The molecule has 0 bridgehead atoms. The average molecular weight is 520 g/mol. The summed E-state index contributed by atoms with van der Waals surface area (Å²) in [5.74, 6) is 0.930. The molecule has 2 aliphatic heterocycles. The number of thiophene rings is 1. The molecule has 0 unspecified atom stereocenters. The third-order valence-electron chi connectivity index (χ3n) is 6.44. The van der Waals surface area contributed by atoms with Gasteiger partial charge in [-0.05, 0) is 36.1 Å². The van der Waals surface area contributed by atoms with E-state index in [9.17, 15) is 26.7 Å². The van der Waals surface area contributed by atoms with Crippen molar-refractivity contribution < 1.29 is 31.4 Å². The molecular weight excluding hydrogens is 491 g/mol. The highest BCUT2D eigenvalue weighted by molar-refractivity contribution is 7.91. The Morgan fingerprint density at radius 3 is 2.38 bits per heavy atom. The minimum Gasteiger partial charge on any atom is -0.381 e. The number of likely N-dealkylation sites (tertiary alicyclic amines) is 1. The molecule has 0 aliphatic carbocycles. The molecule has 0 saturated carbocycles. The first kappa shape index (κ1) is 25.4. The van der Waals surface area contributed by atoms with Crippen molar-refractivity contribution in [3.8, 4) is 0 Å². The minimum atomic E-state index is -4.80. The number of fused-ring (bicyclic) bond motifs is 1. The first-order valence-corrected chi connectivity index (χ1v) is 13.3. The summed E-state index contributed by atoms with van der Waals surface area (Å²) in [4.78, 5) is 2.26. The summed E-state index contributed by atoms with van der Waals surface area (Å²) in [6.07, 6.45) is -4.80. The normalized spacial score (nSPS) is 24.0. The summed E-state index contributed by atoms with van der Waals surface area (Å²) in [7, 11) is -3.66. The molecule has 2 aliphatic rings. The van der Waals surface area contributed by atoms with Gasteiger partial charge in [0, 0.05) is 43.7 Å². The highest BCUT2D eigenvalue weighted by Crippen LogP contribution is 2.38. The third-order valence-corrected chi connectivity index (χ3v) is 9.27. The predicted octanol–water partition coefficient (Wildman–Crippen LogP) is 2.86. The van der Waals surface area contributed by atoms with Crippen molar-refractivity contribution in [2.75, 3.05) is 44.7 Å². The first-order chi connectivity index (χ1) is 16.0. The van der Waals surface area contributed by atoms with E-state index in [0.717, 1.165) is 37.6 Å². The van der Waals surface area contributed by atoms with Crippen LogP contribution in [-0.2, 0) is 20.4 Å². The van der Waals surface area contributed by atoms with Crippen LogP contribution in [0.1, 0.15) is 12.5 Å². The van der Waals surface area contributed by atoms with Gasteiger partial charge in [0.25, 0.3) is 0 Å². The van der Waals surface area contributed by atoms with E-state index in [4.69, 9.17) is 4.74 Å². The van der Waals surface area contributed by atoms with Crippen molar-refractivity contribution in [1.82, 2.24) is 9.62 Å². The van der Waals surface area contributed by atoms with E-state index in [1.807, 2.05) is 0 Å². The van der Waals surface area contributed by atoms with E-state index < -0.39 is 21.8 Å². The quantitative estimate of drug-likeness (QED) is 0.472. The van der Waals surface area contributed by atoms with E-state index in [1.165, 1.54) is 30.3 Å². The Kier molecular flexibility index (Phi) is 7.28. The summed E-state index contributed by atoms with van der Waals surface area (Å²) in [5, 5.41) is 14.8. The van der Waals surface area contributed by atoms with Gasteiger partial charge in [0.2, 0.25) is 10.0 Å². The van der Waals surface area contributed by atoms with Gasteiger partial charge in [-0.1, -0.05) is 18.2 Å². The fourth-order valence-electron chi connectivity index (χ4n) is 4.39. The molecular formula is C22H28F3N3O4S2. The molecule has 12 heteroatoms. The number of nitrogens with zero attached hydrogens (tertiary/aromatic N) is 1. The molecule has 0 spiro atoms. The molecule has 4 rings (SSSR count). The lowest BCUT2D eigenvalue weighted by Crippen LogP contribution is -2.44. The Labute approximate surface area is 201 Å². The fraction of sp³-hybridized carbons (Fsp3) is 0.545. The Morgan fingerprint density at radius 1 is 1.18 bits per heavy atom. The zero-order valence-corrected chi connectivity index (χ0v) is 20.2. The van der Waals surface area contributed by atoms with Gasteiger partial charge in [-0.3, -0.25) is 0 Å². The van der Waals surface area contributed by atoms with Gasteiger partial charge >= 0.3 is 6.18 Å². The number of halogens is 3. The molecule has 0 radical (unpaired) electrons. The first-order valence-electron chi connectivity index (χ1n) is 10.9. The van der Waals surface area contributed by atoms with Crippen molar-refractivity contribution in [1.29, 1.82) is 0 Å². The summed E-state index contributed by atoms with van der Waals surface area (Å²) in [5.41, 5.74) is -2.70. The Balaban J connectivity index is 1.46. The van der Waals surface area contributed by atoms with Gasteiger partial charge in [-0.2, -0.15) is 13.2 Å². The smallest absolute Gasteiger partial charge is 0.381 e. The van der Waals surface area contributed by atoms with Crippen LogP contribution in [-0.4, -0.2) is 70.0 Å². The molecule has 3 N–H and O–H groups in total. The number of hydrogen-bond acceptors (Lipinski definition) is 7. The standard InChI is InChI=1S/C22H28F3N3O4S2/c1-21(29,22(23,24)25)17-4-6-18(7-5-17)27-19(9-26-34(30,31)20-3-2-8-33-20)12-28-10-15-13-32-14-16(15)11-28/h2-8,15-16,19,26-27,29H,9-14H2,1H3/t15-,16+,19-,21+/m1/s1. The van der Waals surface area contributed by atoms with Gasteiger partial charge in [-0.15, -0.1) is 11.3 Å². The summed E-state index contributed by atoms with van der Waals surface area (Å²) >= 11 is 1.12. The number of benzene rings is 1. The van der Waals surface area contributed by atoms with Crippen LogP contribution < -0.4 is 10.0 Å². The maximum Gasteiger partial charge on any atom is 0.421 e. The van der Waals surface area contributed by atoms with E-state index in [-0.39, 0.29) is 22.4 Å². The second kappa shape index (κ2) is 9.75. The predicted molar refractivity (Wildman–Crippen MR) is 123 cm³/mol. The van der Waals surface area contributed by atoms with Crippen molar-refractivity contribution in [2.24, 2.45) is 11.8 Å².